The molecule has 0 amide bonds. The van der Waals surface area contributed by atoms with Crippen molar-refractivity contribution in [2.75, 3.05) is 4.90 Å². The van der Waals surface area contributed by atoms with E-state index >= 15 is 0 Å². The summed E-state index contributed by atoms with van der Waals surface area (Å²) in [6, 6.07) is 114. The summed E-state index contributed by atoms with van der Waals surface area (Å²) in [7, 11) is 0. The van der Waals surface area contributed by atoms with Crippen molar-refractivity contribution in [3.63, 3.8) is 0 Å². The van der Waals surface area contributed by atoms with Crippen molar-refractivity contribution < 1.29 is 0 Å². The molecule has 17 rings (SSSR count). The molecule has 0 saturated heterocycles. The third-order valence-corrected chi connectivity index (χ3v) is 18.1. The summed E-state index contributed by atoms with van der Waals surface area (Å²) in [6.45, 7) is 0. The molecule has 13 aromatic carbocycles. The summed E-state index contributed by atoms with van der Waals surface area (Å²) in [5, 5.41) is 5.06. The van der Waals surface area contributed by atoms with Gasteiger partial charge in [-0.2, -0.15) is 0 Å². The van der Waals surface area contributed by atoms with Crippen molar-refractivity contribution in [1.29, 1.82) is 0 Å². The van der Waals surface area contributed by atoms with Gasteiger partial charge in [-0.25, -0.2) is 0 Å². The summed E-state index contributed by atoms with van der Waals surface area (Å²) in [5.74, 6) is 0. The van der Waals surface area contributed by atoms with Crippen LogP contribution in [0.25, 0.3) is 82.8 Å². The fourth-order valence-corrected chi connectivity index (χ4v) is 14.9. The van der Waals surface area contributed by atoms with E-state index in [1.165, 1.54) is 127 Å². The lowest BCUT2D eigenvalue weighted by Gasteiger charge is -2.39. The molecule has 2 heterocycles. The van der Waals surface area contributed by atoms with E-state index in [4.69, 9.17) is 0 Å². The monoisotopic (exact) mass is 1010 g/mol. The molecular weight excluding hydrogens is 965 g/mol. The molecule has 14 aromatic rings. The van der Waals surface area contributed by atoms with Crippen LogP contribution in [-0.4, -0.2) is 4.57 Å². The Hall–Kier alpha value is -10.3. The molecule has 0 saturated carbocycles. The second-order valence-electron chi connectivity index (χ2n) is 21.8. The molecule has 1 aromatic heterocycles. The van der Waals surface area contributed by atoms with Crippen LogP contribution in [0.1, 0.15) is 44.5 Å². The first-order valence-electron chi connectivity index (χ1n) is 27.9. The van der Waals surface area contributed by atoms with Crippen LogP contribution in [0.4, 0.5) is 17.1 Å². The zero-order chi connectivity index (χ0) is 52.5. The number of benzene rings is 13. The highest BCUT2D eigenvalue weighted by atomic mass is 15.1. The fourth-order valence-electron chi connectivity index (χ4n) is 14.9. The van der Waals surface area contributed by atoms with Gasteiger partial charge in [0.05, 0.1) is 33.2 Å². The van der Waals surface area contributed by atoms with E-state index in [1.54, 1.807) is 0 Å². The van der Waals surface area contributed by atoms with E-state index in [0.29, 0.717) is 0 Å². The van der Waals surface area contributed by atoms with Gasteiger partial charge in [-0.1, -0.05) is 255 Å². The first-order valence-corrected chi connectivity index (χ1v) is 27.9. The van der Waals surface area contributed by atoms with Gasteiger partial charge in [-0.05, 0) is 143 Å². The fraction of sp³-hybridized carbons (Fsp3) is 0.0256. The number of rotatable bonds is 7. The standard InChI is InChI=1S/C78H50N2/c1-3-22-55(23-4-1)77(56-24-5-2-6-25-56)67-33-13-10-29-65(67)75-69(77)35-19-39-74(75)79(58-47-42-53(43-48-58)60-30-17-21-52-20-7-8-26-59(52)60)57-45-40-51(41-46-57)54-44-49-62-61-27-9-12-32-66(61)78(71(62)50-54)68-34-14-16-38-73(68)80-72-37-15-11-28-63(72)64-31-18-36-70(78)76(64)80/h1-50H. The quantitative estimate of drug-likeness (QED) is 0.154. The smallest absolute Gasteiger partial charge is 0.0754 e. The number of hydrogen-bond acceptors (Lipinski definition) is 1. The average molecular weight is 1020 g/mol. The number of fused-ring (bicyclic) bond motifs is 16. The zero-order valence-corrected chi connectivity index (χ0v) is 43.8. The van der Waals surface area contributed by atoms with Crippen LogP contribution >= 0.6 is 0 Å². The van der Waals surface area contributed by atoms with E-state index in [2.05, 4.69) is 313 Å². The van der Waals surface area contributed by atoms with Crippen molar-refractivity contribution in [1.82, 2.24) is 4.57 Å². The largest absolute Gasteiger partial charge is 0.310 e. The molecule has 0 bridgehead atoms. The first kappa shape index (κ1) is 44.8. The lowest BCUT2D eigenvalue weighted by atomic mass is 9.65. The number of para-hydroxylation sites is 3. The summed E-state index contributed by atoms with van der Waals surface area (Å²) in [5.41, 5.74) is 26.2. The Bertz CT molecular complexity index is 4770. The van der Waals surface area contributed by atoms with Crippen molar-refractivity contribution in [2.24, 2.45) is 0 Å². The van der Waals surface area contributed by atoms with Gasteiger partial charge in [0.1, 0.15) is 0 Å². The molecule has 80 heavy (non-hydrogen) atoms. The van der Waals surface area contributed by atoms with E-state index in [1.807, 2.05) is 0 Å². The van der Waals surface area contributed by atoms with Gasteiger partial charge in [0.25, 0.3) is 0 Å². The molecule has 1 spiro atoms. The Morgan fingerprint density at radius 2 is 0.800 bits per heavy atom. The van der Waals surface area contributed by atoms with Gasteiger partial charge in [-0.15, -0.1) is 0 Å². The lowest BCUT2D eigenvalue weighted by Crippen LogP contribution is -2.33. The maximum Gasteiger partial charge on any atom is 0.0754 e. The van der Waals surface area contributed by atoms with Crippen LogP contribution in [0, 0.1) is 0 Å². The Balaban J connectivity index is 0.857. The Kier molecular flexibility index (Phi) is 9.58. The van der Waals surface area contributed by atoms with Crippen LogP contribution in [0.5, 0.6) is 0 Å². The average Bonchev–Trinajstić information content (AvgIpc) is 3.99. The third-order valence-electron chi connectivity index (χ3n) is 18.1. The van der Waals surface area contributed by atoms with Gasteiger partial charge in [0.2, 0.25) is 0 Å². The van der Waals surface area contributed by atoms with Crippen molar-refractivity contribution in [3.8, 4) is 50.2 Å². The Morgan fingerprint density at radius 3 is 1.56 bits per heavy atom. The Morgan fingerprint density at radius 1 is 0.287 bits per heavy atom. The predicted octanol–water partition coefficient (Wildman–Crippen LogP) is 19.8. The number of anilines is 3. The molecule has 2 aliphatic carbocycles. The molecule has 1 atom stereocenters. The van der Waals surface area contributed by atoms with Gasteiger partial charge in [0, 0.05) is 27.7 Å². The Labute approximate surface area is 465 Å². The molecule has 372 valence electrons. The lowest BCUT2D eigenvalue weighted by molar-refractivity contribution is 0.749. The minimum absolute atomic E-state index is 0.532. The van der Waals surface area contributed by atoms with E-state index in [0.717, 1.165) is 17.1 Å². The molecule has 2 nitrogen and oxygen atoms in total. The van der Waals surface area contributed by atoms with E-state index < -0.39 is 10.8 Å². The molecule has 3 aliphatic rings. The second kappa shape index (κ2) is 17.1. The summed E-state index contributed by atoms with van der Waals surface area (Å²) in [4.78, 5) is 2.49. The summed E-state index contributed by atoms with van der Waals surface area (Å²) >= 11 is 0. The molecule has 0 radical (unpaired) electrons. The third kappa shape index (κ3) is 6.02. The van der Waals surface area contributed by atoms with Crippen molar-refractivity contribution in [3.05, 3.63) is 348 Å². The molecule has 2 heteroatoms. The topological polar surface area (TPSA) is 8.17 Å². The van der Waals surface area contributed by atoms with Crippen LogP contribution in [0.3, 0.4) is 0 Å². The SMILES string of the molecule is c1ccc(C2(c3ccccc3)c3ccccc3-c3c(N(c4ccc(-c5ccc6c(c5)C5(c7ccccc7-6)c6ccccc6-n6c7ccccc7c7cccc5c76)cc4)c4ccc(-c5cccc6ccccc56)cc4)cccc32)cc1. The maximum atomic E-state index is 2.52. The molecular formula is C78H50N2. The van der Waals surface area contributed by atoms with Gasteiger partial charge in [-0.3, -0.25) is 0 Å². The van der Waals surface area contributed by atoms with Gasteiger partial charge < -0.3 is 9.47 Å². The van der Waals surface area contributed by atoms with Gasteiger partial charge in [0.15, 0.2) is 0 Å². The molecule has 1 aliphatic heterocycles. The van der Waals surface area contributed by atoms with Crippen molar-refractivity contribution in [2.45, 2.75) is 10.8 Å². The second-order valence-corrected chi connectivity index (χ2v) is 21.8. The molecule has 0 fully saturated rings. The number of hydrogen-bond donors (Lipinski definition) is 0. The minimum atomic E-state index is -0.538. The van der Waals surface area contributed by atoms with Crippen molar-refractivity contribution >= 4 is 49.6 Å². The van der Waals surface area contributed by atoms with Crippen LogP contribution < -0.4 is 4.90 Å². The normalized spacial score (nSPS) is 14.9. The predicted molar refractivity (Wildman–Crippen MR) is 332 cm³/mol. The minimum Gasteiger partial charge on any atom is -0.310 e. The molecule has 1 unspecified atom stereocenters. The highest BCUT2D eigenvalue weighted by molar-refractivity contribution is 6.13. The van der Waals surface area contributed by atoms with Gasteiger partial charge >= 0.3 is 0 Å². The number of nitrogens with zero attached hydrogens (tertiary/aromatic N) is 2. The van der Waals surface area contributed by atoms with Crippen LogP contribution in [0.2, 0.25) is 0 Å². The summed E-state index contributed by atoms with van der Waals surface area (Å²) in [6.07, 6.45) is 0. The van der Waals surface area contributed by atoms with Crippen LogP contribution in [-0.2, 0) is 10.8 Å². The molecule has 0 N–H and O–H groups in total. The first-order chi connectivity index (χ1) is 39.7. The van der Waals surface area contributed by atoms with E-state index in [-0.39, 0.29) is 0 Å². The highest BCUT2D eigenvalue weighted by Crippen LogP contribution is 2.63. The highest BCUT2D eigenvalue weighted by Gasteiger charge is 2.51. The summed E-state index contributed by atoms with van der Waals surface area (Å²) < 4.78 is 2.52. The number of aromatic nitrogens is 1. The van der Waals surface area contributed by atoms with E-state index in [9.17, 15) is 0 Å². The maximum absolute atomic E-state index is 2.52. The zero-order valence-electron chi connectivity index (χ0n) is 43.8. The van der Waals surface area contributed by atoms with Crippen LogP contribution in [0.15, 0.2) is 303 Å².